The monoisotopic (exact) mass is 365 g/mol. The van der Waals surface area contributed by atoms with Gasteiger partial charge in [0.15, 0.2) is 0 Å². The van der Waals surface area contributed by atoms with E-state index >= 15 is 0 Å². The first kappa shape index (κ1) is 19.0. The van der Waals surface area contributed by atoms with Gasteiger partial charge in [-0.25, -0.2) is 4.79 Å². The maximum Gasteiger partial charge on any atom is 0.320 e. The summed E-state index contributed by atoms with van der Waals surface area (Å²) in [6.45, 7) is 7.72. The zero-order valence-electron chi connectivity index (χ0n) is 16.1. The molecule has 0 radical (unpaired) electrons. The minimum Gasteiger partial charge on any atom is -0.335 e. The van der Waals surface area contributed by atoms with Gasteiger partial charge in [0.05, 0.1) is 0 Å². The number of rotatable bonds is 4. The zero-order valence-corrected chi connectivity index (χ0v) is 16.1. The van der Waals surface area contributed by atoms with Crippen LogP contribution >= 0.6 is 0 Å². The predicted molar refractivity (Wildman–Crippen MR) is 108 cm³/mol. The fourth-order valence-corrected chi connectivity index (χ4v) is 3.41. The van der Waals surface area contributed by atoms with Crippen LogP contribution in [-0.2, 0) is 0 Å². The third-order valence-corrected chi connectivity index (χ3v) is 5.11. The summed E-state index contributed by atoms with van der Waals surface area (Å²) < 4.78 is 0. The molecule has 1 aliphatic rings. The molecule has 0 atom stereocenters. The zero-order chi connectivity index (χ0) is 19.2. The van der Waals surface area contributed by atoms with E-state index in [1.165, 1.54) is 0 Å². The predicted octanol–water partition coefficient (Wildman–Crippen LogP) is 3.57. The molecule has 1 aliphatic heterocycles. The Labute approximate surface area is 161 Å². The molecule has 0 aromatic heterocycles. The van der Waals surface area contributed by atoms with Crippen molar-refractivity contribution in [2.45, 2.75) is 13.8 Å². The topological polar surface area (TPSA) is 43.9 Å². The number of piperazine rings is 1. The van der Waals surface area contributed by atoms with Crippen molar-refractivity contribution in [2.75, 3.05) is 39.3 Å². The van der Waals surface area contributed by atoms with E-state index in [0.717, 1.165) is 11.1 Å². The van der Waals surface area contributed by atoms with Gasteiger partial charge in [-0.15, -0.1) is 0 Å². The second-order valence-corrected chi connectivity index (χ2v) is 6.68. The summed E-state index contributed by atoms with van der Waals surface area (Å²) in [5.41, 5.74) is 2.93. The van der Waals surface area contributed by atoms with Crippen molar-refractivity contribution in [3.05, 3.63) is 60.2 Å². The lowest BCUT2D eigenvalue weighted by Crippen LogP contribution is -2.54. The first-order valence-electron chi connectivity index (χ1n) is 9.62. The van der Waals surface area contributed by atoms with Crippen LogP contribution in [0.15, 0.2) is 54.6 Å². The standard InChI is InChI=1S/C22H27N3O2/c1-3-23(4-2)22(27)25-16-14-24(15-17-25)21(26)20-12-10-19(11-13-20)18-8-6-5-7-9-18/h5-13H,3-4,14-17H2,1-2H3. The second-order valence-electron chi connectivity index (χ2n) is 6.68. The van der Waals surface area contributed by atoms with Gasteiger partial charge in [-0.2, -0.15) is 0 Å². The number of hydrogen-bond donors (Lipinski definition) is 0. The lowest BCUT2D eigenvalue weighted by Gasteiger charge is -2.37. The summed E-state index contributed by atoms with van der Waals surface area (Å²) in [7, 11) is 0. The number of nitrogens with zero attached hydrogens (tertiary/aromatic N) is 3. The van der Waals surface area contributed by atoms with E-state index in [-0.39, 0.29) is 11.9 Å². The third-order valence-electron chi connectivity index (χ3n) is 5.11. The van der Waals surface area contributed by atoms with Gasteiger partial charge in [0, 0.05) is 44.8 Å². The molecule has 0 spiro atoms. The Bertz CT molecular complexity index is 762. The Morgan fingerprint density at radius 1 is 0.778 bits per heavy atom. The van der Waals surface area contributed by atoms with Gasteiger partial charge in [-0.1, -0.05) is 42.5 Å². The molecule has 5 nitrogen and oxygen atoms in total. The Morgan fingerprint density at radius 2 is 1.30 bits per heavy atom. The van der Waals surface area contributed by atoms with Crippen LogP contribution in [0.3, 0.4) is 0 Å². The molecule has 2 aromatic carbocycles. The van der Waals surface area contributed by atoms with Crippen molar-refractivity contribution in [2.24, 2.45) is 0 Å². The highest BCUT2D eigenvalue weighted by atomic mass is 16.2. The van der Waals surface area contributed by atoms with Crippen molar-refractivity contribution >= 4 is 11.9 Å². The van der Waals surface area contributed by atoms with Crippen LogP contribution in [0.2, 0.25) is 0 Å². The summed E-state index contributed by atoms with van der Waals surface area (Å²) in [5, 5.41) is 0. The summed E-state index contributed by atoms with van der Waals surface area (Å²) in [4.78, 5) is 30.7. The molecule has 0 N–H and O–H groups in total. The first-order valence-corrected chi connectivity index (χ1v) is 9.62. The molecule has 3 rings (SSSR count). The van der Waals surface area contributed by atoms with Crippen LogP contribution in [0, 0.1) is 0 Å². The molecule has 3 amide bonds. The van der Waals surface area contributed by atoms with Gasteiger partial charge in [-0.3, -0.25) is 4.79 Å². The number of urea groups is 1. The van der Waals surface area contributed by atoms with Gasteiger partial charge in [0.2, 0.25) is 0 Å². The number of amides is 3. The number of hydrogen-bond acceptors (Lipinski definition) is 2. The number of carbonyl (C=O) groups excluding carboxylic acids is 2. The van der Waals surface area contributed by atoms with Crippen molar-refractivity contribution in [3.63, 3.8) is 0 Å². The van der Waals surface area contributed by atoms with Crippen LogP contribution in [-0.4, -0.2) is 65.9 Å². The Hall–Kier alpha value is -2.82. The molecule has 0 saturated carbocycles. The van der Waals surface area contributed by atoms with Crippen LogP contribution in [0.4, 0.5) is 4.79 Å². The van der Waals surface area contributed by atoms with Crippen molar-refractivity contribution < 1.29 is 9.59 Å². The molecular formula is C22H27N3O2. The SMILES string of the molecule is CCN(CC)C(=O)N1CCN(C(=O)c2ccc(-c3ccccc3)cc2)CC1. The smallest absolute Gasteiger partial charge is 0.320 e. The van der Waals surface area contributed by atoms with Crippen molar-refractivity contribution in [3.8, 4) is 11.1 Å². The molecule has 0 unspecified atom stereocenters. The molecule has 5 heteroatoms. The molecule has 2 aromatic rings. The molecule has 1 fully saturated rings. The summed E-state index contributed by atoms with van der Waals surface area (Å²) >= 11 is 0. The highest BCUT2D eigenvalue weighted by Gasteiger charge is 2.26. The van der Waals surface area contributed by atoms with Crippen molar-refractivity contribution in [1.29, 1.82) is 0 Å². The lowest BCUT2D eigenvalue weighted by atomic mass is 10.0. The maximum atomic E-state index is 12.8. The fourth-order valence-electron chi connectivity index (χ4n) is 3.41. The van der Waals surface area contributed by atoms with E-state index in [4.69, 9.17) is 0 Å². The van der Waals surface area contributed by atoms with Crippen LogP contribution in [0.25, 0.3) is 11.1 Å². The van der Waals surface area contributed by atoms with E-state index in [1.54, 1.807) is 0 Å². The molecule has 1 saturated heterocycles. The Morgan fingerprint density at radius 3 is 1.85 bits per heavy atom. The van der Waals surface area contributed by atoms with Crippen molar-refractivity contribution in [1.82, 2.24) is 14.7 Å². The average Bonchev–Trinajstić information content (AvgIpc) is 2.75. The van der Waals surface area contributed by atoms with Gasteiger partial charge < -0.3 is 14.7 Å². The largest absolute Gasteiger partial charge is 0.335 e. The molecule has 27 heavy (non-hydrogen) atoms. The molecule has 1 heterocycles. The van der Waals surface area contributed by atoms with E-state index in [2.05, 4.69) is 12.1 Å². The highest BCUT2D eigenvalue weighted by Crippen LogP contribution is 2.20. The summed E-state index contributed by atoms with van der Waals surface area (Å²) in [6, 6.07) is 17.9. The van der Waals surface area contributed by atoms with Gasteiger partial charge in [0.1, 0.15) is 0 Å². The fraction of sp³-hybridized carbons (Fsp3) is 0.364. The van der Waals surface area contributed by atoms with E-state index in [0.29, 0.717) is 44.8 Å². The van der Waals surface area contributed by atoms with Crippen LogP contribution in [0.1, 0.15) is 24.2 Å². The molecule has 142 valence electrons. The minimum atomic E-state index is 0.0320. The molecule has 0 aliphatic carbocycles. The minimum absolute atomic E-state index is 0.0320. The normalized spacial score (nSPS) is 14.1. The van der Waals surface area contributed by atoms with Gasteiger partial charge >= 0.3 is 6.03 Å². The summed E-state index contributed by atoms with van der Waals surface area (Å²) in [5.74, 6) is 0.0320. The Balaban J connectivity index is 1.60. The van der Waals surface area contributed by atoms with Gasteiger partial charge in [0.25, 0.3) is 5.91 Å². The van der Waals surface area contributed by atoms with E-state index in [1.807, 2.05) is 71.0 Å². The molecular weight excluding hydrogens is 338 g/mol. The van der Waals surface area contributed by atoms with E-state index in [9.17, 15) is 9.59 Å². The Kier molecular flexibility index (Phi) is 6.12. The second kappa shape index (κ2) is 8.71. The summed E-state index contributed by atoms with van der Waals surface area (Å²) in [6.07, 6.45) is 0. The lowest BCUT2D eigenvalue weighted by molar-refractivity contribution is 0.0641. The number of benzene rings is 2. The third kappa shape index (κ3) is 4.30. The van der Waals surface area contributed by atoms with Crippen LogP contribution < -0.4 is 0 Å². The maximum absolute atomic E-state index is 12.8. The van der Waals surface area contributed by atoms with Gasteiger partial charge in [-0.05, 0) is 37.1 Å². The first-order chi connectivity index (χ1) is 13.1. The van der Waals surface area contributed by atoms with E-state index < -0.39 is 0 Å². The molecule has 0 bridgehead atoms. The highest BCUT2D eigenvalue weighted by molar-refractivity contribution is 5.95. The number of carbonyl (C=O) groups is 2. The van der Waals surface area contributed by atoms with Crippen LogP contribution in [0.5, 0.6) is 0 Å². The average molecular weight is 365 g/mol. The quantitative estimate of drug-likeness (QED) is 0.831.